The molecule has 4 nitrogen and oxygen atoms in total. The molecule has 0 spiro atoms. The Morgan fingerprint density at radius 2 is 1.73 bits per heavy atom. The lowest BCUT2D eigenvalue weighted by Gasteiger charge is -2.13. The van der Waals surface area contributed by atoms with Crippen molar-refractivity contribution in [3.05, 3.63) is 48.0 Å². The minimum Gasteiger partial charge on any atom is -0.493 e. The summed E-state index contributed by atoms with van der Waals surface area (Å²) in [4.78, 5) is 3.72. The summed E-state index contributed by atoms with van der Waals surface area (Å²) in [7, 11) is 1.47. The molecule has 0 amide bonds. The molecule has 0 aliphatic rings. The van der Waals surface area contributed by atoms with Crippen molar-refractivity contribution in [1.29, 1.82) is 0 Å². The Labute approximate surface area is 125 Å². The summed E-state index contributed by atoms with van der Waals surface area (Å²) in [6.07, 6.45) is -3.56. The van der Waals surface area contributed by atoms with Crippen LogP contribution in [0.2, 0.25) is 0 Å². The Hall–Kier alpha value is -2.70. The van der Waals surface area contributed by atoms with Gasteiger partial charge < -0.3 is 15.2 Å². The maximum atomic E-state index is 12.7. The average molecular weight is 310 g/mol. The van der Waals surface area contributed by atoms with Gasteiger partial charge in [-0.3, -0.25) is 0 Å². The molecule has 2 aromatic carbocycles. The van der Waals surface area contributed by atoms with Crippen LogP contribution < -0.4 is 15.2 Å². The number of para-hydroxylation sites is 2. The number of rotatable bonds is 4. The first-order valence-corrected chi connectivity index (χ1v) is 6.22. The van der Waals surface area contributed by atoms with E-state index in [0.717, 1.165) is 18.5 Å². The first-order valence-electron chi connectivity index (χ1n) is 6.22. The number of aliphatic imine (C=N–C) groups is 1. The zero-order valence-electron chi connectivity index (χ0n) is 11.6. The van der Waals surface area contributed by atoms with Crippen molar-refractivity contribution < 1.29 is 22.6 Å². The van der Waals surface area contributed by atoms with Crippen LogP contribution in [0, 0.1) is 0 Å². The monoisotopic (exact) mass is 310 g/mol. The highest BCUT2D eigenvalue weighted by atomic mass is 19.4. The Morgan fingerprint density at radius 3 is 2.32 bits per heavy atom. The molecule has 0 saturated carbocycles. The quantitative estimate of drug-likeness (QED) is 0.682. The van der Waals surface area contributed by atoms with Gasteiger partial charge in [-0.05, 0) is 30.3 Å². The summed E-state index contributed by atoms with van der Waals surface area (Å²) in [5.74, 6) is 0.947. The number of alkyl halides is 3. The van der Waals surface area contributed by atoms with E-state index in [1.165, 1.54) is 13.2 Å². The molecule has 116 valence electrons. The molecule has 0 radical (unpaired) electrons. The number of halogens is 3. The number of nitrogens with two attached hydrogens (primary N) is 1. The molecule has 0 fully saturated rings. The third-order valence-electron chi connectivity index (χ3n) is 2.79. The van der Waals surface area contributed by atoms with Gasteiger partial charge in [-0.1, -0.05) is 12.1 Å². The molecule has 0 atom stereocenters. The number of hydrogen-bond acceptors (Lipinski definition) is 3. The minimum atomic E-state index is -4.47. The van der Waals surface area contributed by atoms with Gasteiger partial charge in [0.25, 0.3) is 0 Å². The third kappa shape index (κ3) is 3.49. The van der Waals surface area contributed by atoms with Gasteiger partial charge in [-0.25, -0.2) is 4.99 Å². The lowest BCUT2D eigenvalue weighted by Crippen LogP contribution is -2.04. The van der Waals surface area contributed by atoms with Crippen molar-refractivity contribution in [2.45, 2.75) is 6.18 Å². The topological polar surface area (TPSA) is 56.8 Å². The number of benzene rings is 2. The van der Waals surface area contributed by atoms with Crippen LogP contribution in [0.15, 0.2) is 47.5 Å². The fourth-order valence-electron chi connectivity index (χ4n) is 1.78. The first kappa shape index (κ1) is 15.7. The first-order chi connectivity index (χ1) is 10.5. The zero-order chi connectivity index (χ0) is 16.2. The molecule has 2 N–H and O–H groups in total. The van der Waals surface area contributed by atoms with E-state index in [1.54, 1.807) is 24.3 Å². The van der Waals surface area contributed by atoms with Gasteiger partial charge in [0.15, 0.2) is 17.2 Å². The molecule has 0 aliphatic carbocycles. The van der Waals surface area contributed by atoms with Gasteiger partial charge in [0.05, 0.1) is 19.0 Å². The highest BCUT2D eigenvalue weighted by molar-refractivity contribution is 5.65. The summed E-state index contributed by atoms with van der Waals surface area (Å²) in [6, 6.07) is 9.74. The molecule has 0 aliphatic heterocycles. The molecule has 0 bridgehead atoms. The maximum absolute atomic E-state index is 12.7. The number of ether oxygens (including phenoxy) is 2. The molecule has 2 aromatic rings. The van der Waals surface area contributed by atoms with E-state index in [0.29, 0.717) is 11.5 Å². The third-order valence-corrected chi connectivity index (χ3v) is 2.79. The summed E-state index contributed by atoms with van der Waals surface area (Å²) in [5.41, 5.74) is 4.33. The summed E-state index contributed by atoms with van der Waals surface area (Å²) < 4.78 is 48.9. The standard InChI is InChI=1S/C15H13F3N2O2/c1-21-13-4-2-3-5-14(13)22-12-7-6-10(15(16,17)18)8-11(12)20-9-19/h2-9H,1H3,(H2,19,20). The number of hydrogen-bond donors (Lipinski definition) is 1. The molecular weight excluding hydrogens is 297 g/mol. The lowest BCUT2D eigenvalue weighted by molar-refractivity contribution is -0.137. The van der Waals surface area contributed by atoms with Crippen molar-refractivity contribution in [1.82, 2.24) is 0 Å². The van der Waals surface area contributed by atoms with E-state index < -0.39 is 11.7 Å². The van der Waals surface area contributed by atoms with Crippen LogP contribution >= 0.6 is 0 Å². The van der Waals surface area contributed by atoms with Crippen LogP contribution in [0.4, 0.5) is 18.9 Å². The second kappa shape index (κ2) is 6.38. The molecule has 0 unspecified atom stereocenters. The zero-order valence-corrected chi connectivity index (χ0v) is 11.6. The van der Waals surface area contributed by atoms with Crippen LogP contribution in [0.1, 0.15) is 5.56 Å². The number of methoxy groups -OCH3 is 1. The van der Waals surface area contributed by atoms with Gasteiger partial charge in [-0.2, -0.15) is 13.2 Å². The summed E-state index contributed by atoms with van der Waals surface area (Å²) in [5, 5.41) is 0. The lowest BCUT2D eigenvalue weighted by atomic mass is 10.2. The van der Waals surface area contributed by atoms with Crippen LogP contribution in [-0.2, 0) is 6.18 Å². The van der Waals surface area contributed by atoms with E-state index in [1.807, 2.05) is 0 Å². The second-order valence-electron chi connectivity index (χ2n) is 4.21. The molecule has 2 rings (SSSR count). The van der Waals surface area contributed by atoms with Gasteiger partial charge in [0.1, 0.15) is 5.69 Å². The molecule has 22 heavy (non-hydrogen) atoms. The largest absolute Gasteiger partial charge is 0.493 e. The Kier molecular flexibility index (Phi) is 4.55. The normalized spacial score (nSPS) is 11.6. The van der Waals surface area contributed by atoms with Crippen LogP contribution in [0.25, 0.3) is 0 Å². The molecule has 0 aromatic heterocycles. The minimum absolute atomic E-state index is 0.0248. The Bertz CT molecular complexity index is 685. The second-order valence-corrected chi connectivity index (χ2v) is 4.21. The van der Waals surface area contributed by atoms with Crippen molar-refractivity contribution in [2.75, 3.05) is 7.11 Å². The molecule has 0 saturated heterocycles. The van der Waals surface area contributed by atoms with Gasteiger partial charge >= 0.3 is 6.18 Å². The molecule has 0 heterocycles. The van der Waals surface area contributed by atoms with Gasteiger partial charge in [-0.15, -0.1) is 0 Å². The predicted molar refractivity (Wildman–Crippen MR) is 76.9 cm³/mol. The molecule has 7 heteroatoms. The van der Waals surface area contributed by atoms with Gasteiger partial charge in [0, 0.05) is 0 Å². The number of nitrogens with zero attached hydrogens (tertiary/aromatic N) is 1. The van der Waals surface area contributed by atoms with Crippen LogP contribution in [0.5, 0.6) is 17.2 Å². The SMILES string of the molecule is COc1ccccc1Oc1ccc(C(F)(F)F)cc1N=CN. The van der Waals surface area contributed by atoms with Crippen LogP contribution in [0.3, 0.4) is 0 Å². The van der Waals surface area contributed by atoms with E-state index >= 15 is 0 Å². The smallest absolute Gasteiger partial charge is 0.416 e. The van der Waals surface area contributed by atoms with Crippen molar-refractivity contribution in [3.8, 4) is 17.2 Å². The average Bonchev–Trinajstić information content (AvgIpc) is 2.48. The predicted octanol–water partition coefficient (Wildman–Crippen LogP) is 4.12. The van der Waals surface area contributed by atoms with E-state index in [2.05, 4.69) is 4.99 Å². The molecular formula is C15H13F3N2O2. The Morgan fingerprint density at radius 1 is 1.05 bits per heavy atom. The van der Waals surface area contributed by atoms with Gasteiger partial charge in [0.2, 0.25) is 0 Å². The summed E-state index contributed by atoms with van der Waals surface area (Å²) >= 11 is 0. The van der Waals surface area contributed by atoms with E-state index in [9.17, 15) is 13.2 Å². The van der Waals surface area contributed by atoms with Crippen molar-refractivity contribution >= 4 is 12.0 Å². The fourth-order valence-corrected chi connectivity index (χ4v) is 1.78. The Balaban J connectivity index is 2.42. The highest BCUT2D eigenvalue weighted by Gasteiger charge is 2.31. The van der Waals surface area contributed by atoms with Crippen molar-refractivity contribution in [2.24, 2.45) is 10.7 Å². The summed E-state index contributed by atoms with van der Waals surface area (Å²) in [6.45, 7) is 0. The maximum Gasteiger partial charge on any atom is 0.416 e. The van der Waals surface area contributed by atoms with Crippen LogP contribution in [-0.4, -0.2) is 13.4 Å². The fraction of sp³-hybridized carbons (Fsp3) is 0.133. The highest BCUT2D eigenvalue weighted by Crippen LogP contribution is 2.39. The van der Waals surface area contributed by atoms with E-state index in [4.69, 9.17) is 15.2 Å². The van der Waals surface area contributed by atoms with E-state index in [-0.39, 0.29) is 11.4 Å². The van der Waals surface area contributed by atoms with Crippen molar-refractivity contribution in [3.63, 3.8) is 0 Å².